The second-order valence-corrected chi connectivity index (χ2v) is 16.2. The van der Waals surface area contributed by atoms with Gasteiger partial charge in [-0.2, -0.15) is 4.98 Å². The number of benzene rings is 1. The average Bonchev–Trinajstić information content (AvgIpc) is 3.07. The highest BCUT2D eigenvalue weighted by Gasteiger charge is 2.43. The lowest BCUT2D eigenvalue weighted by atomic mass is 9.87. The Hall–Kier alpha value is -3.35. The van der Waals surface area contributed by atoms with Crippen molar-refractivity contribution in [3.63, 3.8) is 0 Å². The van der Waals surface area contributed by atoms with Gasteiger partial charge < -0.3 is 24.8 Å². The van der Waals surface area contributed by atoms with Crippen molar-refractivity contribution in [3.05, 3.63) is 80.5 Å². The standard InChI is InChI=1S/C39H56F2N3O8P/c1-24(2)11-8-12-25(3)13-9-14-26(4)15-10-18-39(7)19-16-29-21-32(27(5)28(6)36(29)50-39)52-53(47,48)51-30-22-31(45)34(40)35(41)37(49-23-30)44-20-17-33(42)43-38(44)46/h11,13,15,17,20-21,30-31,34-35,37,45H,8-10,12,14,16,18-19,22-23H2,1-7H3,(H,47,48)(H2,42,43,46)/b25-13+,26-15+/t30?,31-,34+,35?,37-,39?/m1/s1. The van der Waals surface area contributed by atoms with E-state index in [0.717, 1.165) is 68.0 Å². The topological polar surface area (TPSA) is 155 Å². The third-order valence-corrected chi connectivity index (χ3v) is 10.9. The van der Waals surface area contributed by atoms with Crippen LogP contribution in [0.2, 0.25) is 0 Å². The summed E-state index contributed by atoms with van der Waals surface area (Å²) in [6.07, 6.45) is 4.60. The zero-order valence-electron chi connectivity index (χ0n) is 31.9. The number of phosphoric ester groups is 1. The Balaban J connectivity index is 1.37. The molecule has 0 radical (unpaired) electrons. The molecule has 0 spiro atoms. The molecule has 1 fully saturated rings. The fraction of sp³-hybridized carbons (Fsp3) is 0.590. The Morgan fingerprint density at radius 1 is 1.09 bits per heavy atom. The predicted molar refractivity (Wildman–Crippen MR) is 202 cm³/mol. The van der Waals surface area contributed by atoms with E-state index in [-0.39, 0.29) is 11.6 Å². The molecule has 2 aliphatic heterocycles. The number of fused-ring (bicyclic) bond motifs is 1. The van der Waals surface area contributed by atoms with Gasteiger partial charge in [0.2, 0.25) is 0 Å². The van der Waals surface area contributed by atoms with Crippen LogP contribution in [0.1, 0.15) is 109 Å². The van der Waals surface area contributed by atoms with E-state index >= 15 is 4.39 Å². The zero-order valence-corrected chi connectivity index (χ0v) is 32.8. The maximum Gasteiger partial charge on any atom is 0.527 e. The van der Waals surface area contributed by atoms with E-state index in [2.05, 4.69) is 57.8 Å². The molecule has 7 atom stereocenters. The minimum atomic E-state index is -4.90. The van der Waals surface area contributed by atoms with E-state index < -0.39 is 62.9 Å². The van der Waals surface area contributed by atoms with Crippen LogP contribution in [-0.2, 0) is 20.2 Å². The molecule has 0 amide bonds. The van der Waals surface area contributed by atoms with Crippen molar-refractivity contribution < 1.29 is 41.9 Å². The highest BCUT2D eigenvalue weighted by Crippen LogP contribution is 2.50. The summed E-state index contributed by atoms with van der Waals surface area (Å²) in [5.74, 6) is 0.693. The van der Waals surface area contributed by atoms with Gasteiger partial charge >= 0.3 is 13.5 Å². The smallest absolute Gasteiger partial charge is 0.487 e. The molecule has 294 valence electrons. The zero-order chi connectivity index (χ0) is 39.1. The number of aliphatic hydroxyl groups is 1. The number of anilines is 1. The number of hydrogen-bond acceptors (Lipinski definition) is 9. The van der Waals surface area contributed by atoms with E-state index in [1.165, 1.54) is 22.8 Å². The fourth-order valence-electron chi connectivity index (χ4n) is 6.58. The second kappa shape index (κ2) is 18.3. The molecule has 0 bridgehead atoms. The van der Waals surface area contributed by atoms with Crippen molar-refractivity contribution in [2.75, 3.05) is 12.3 Å². The summed E-state index contributed by atoms with van der Waals surface area (Å²) in [6, 6.07) is 2.86. The molecule has 2 aliphatic rings. The van der Waals surface area contributed by atoms with Gasteiger partial charge in [0.15, 0.2) is 18.6 Å². The first-order valence-electron chi connectivity index (χ1n) is 18.3. The van der Waals surface area contributed by atoms with Crippen molar-refractivity contribution in [1.29, 1.82) is 0 Å². The first kappa shape index (κ1) is 42.4. The number of aliphatic hydroxyl groups excluding tert-OH is 1. The van der Waals surface area contributed by atoms with Gasteiger partial charge in [0, 0.05) is 12.6 Å². The molecule has 11 nitrogen and oxygen atoms in total. The van der Waals surface area contributed by atoms with Crippen LogP contribution in [0.15, 0.2) is 58.1 Å². The molecule has 14 heteroatoms. The Bertz CT molecular complexity index is 1790. The Morgan fingerprint density at radius 2 is 1.75 bits per heavy atom. The number of phosphoric acid groups is 1. The van der Waals surface area contributed by atoms with Crippen LogP contribution in [0.4, 0.5) is 14.6 Å². The number of aryl methyl sites for hydroxylation is 1. The normalized spacial score (nSPS) is 26.4. The van der Waals surface area contributed by atoms with Gasteiger partial charge in [0.05, 0.1) is 18.8 Å². The monoisotopic (exact) mass is 763 g/mol. The fourth-order valence-corrected chi connectivity index (χ4v) is 7.59. The van der Waals surface area contributed by atoms with Crippen LogP contribution in [0.5, 0.6) is 11.5 Å². The number of alkyl halides is 2. The van der Waals surface area contributed by atoms with Crippen LogP contribution < -0.4 is 20.7 Å². The summed E-state index contributed by atoms with van der Waals surface area (Å²) in [5.41, 5.74) is 10.4. The van der Waals surface area contributed by atoms with Crippen molar-refractivity contribution in [2.45, 2.75) is 143 Å². The first-order chi connectivity index (χ1) is 24.9. The molecule has 53 heavy (non-hydrogen) atoms. The maximum absolute atomic E-state index is 15.1. The van der Waals surface area contributed by atoms with Crippen LogP contribution in [0.3, 0.4) is 0 Å². The number of nitrogens with two attached hydrogens (primary N) is 1. The second-order valence-electron chi connectivity index (χ2n) is 14.9. The summed E-state index contributed by atoms with van der Waals surface area (Å²) < 4.78 is 66.9. The minimum Gasteiger partial charge on any atom is -0.487 e. The molecule has 2 aromatic rings. The lowest BCUT2D eigenvalue weighted by Gasteiger charge is -2.37. The molecule has 4 rings (SSSR count). The molecular weight excluding hydrogens is 707 g/mol. The molecule has 1 saturated heterocycles. The van der Waals surface area contributed by atoms with Gasteiger partial charge in [-0.1, -0.05) is 34.9 Å². The molecule has 4 unspecified atom stereocenters. The number of nitrogen functional groups attached to an aromatic ring is 1. The van der Waals surface area contributed by atoms with Crippen LogP contribution >= 0.6 is 7.82 Å². The highest BCUT2D eigenvalue weighted by atomic mass is 31.2. The van der Waals surface area contributed by atoms with Gasteiger partial charge in [0.1, 0.15) is 22.9 Å². The SMILES string of the molecule is CC(C)=CCC/C(C)=C/CC/C(C)=C/CCC1(C)CCc2cc(OP(=O)(O)OC3CO[C@@H](n4ccc(N)nc4=O)C(F)[C@@H](F)[C@H](O)C3)c(C)c(C)c2O1. The summed E-state index contributed by atoms with van der Waals surface area (Å²) in [5, 5.41) is 10.4. The highest BCUT2D eigenvalue weighted by molar-refractivity contribution is 7.47. The van der Waals surface area contributed by atoms with Gasteiger partial charge in [-0.3, -0.25) is 14.0 Å². The number of halogens is 2. The summed E-state index contributed by atoms with van der Waals surface area (Å²) in [4.78, 5) is 26.6. The van der Waals surface area contributed by atoms with E-state index in [0.29, 0.717) is 16.6 Å². The first-order valence-corrected chi connectivity index (χ1v) is 19.8. The lowest BCUT2D eigenvalue weighted by molar-refractivity contribution is -0.142. The average molecular weight is 764 g/mol. The van der Waals surface area contributed by atoms with Gasteiger partial charge in [-0.15, -0.1) is 0 Å². The summed E-state index contributed by atoms with van der Waals surface area (Å²) in [7, 11) is -4.90. The van der Waals surface area contributed by atoms with Crippen LogP contribution in [0.25, 0.3) is 0 Å². The van der Waals surface area contributed by atoms with E-state index in [1.807, 2.05) is 6.92 Å². The van der Waals surface area contributed by atoms with Crippen molar-refractivity contribution in [2.24, 2.45) is 0 Å². The van der Waals surface area contributed by atoms with Gasteiger partial charge in [-0.25, -0.2) is 18.1 Å². The number of nitrogens with zero attached hydrogens (tertiary/aromatic N) is 2. The minimum absolute atomic E-state index is 0.107. The quantitative estimate of drug-likeness (QED) is 0.127. The lowest BCUT2D eigenvalue weighted by Crippen LogP contribution is -2.46. The third kappa shape index (κ3) is 11.8. The van der Waals surface area contributed by atoms with Crippen molar-refractivity contribution in [3.8, 4) is 11.5 Å². The number of ether oxygens (including phenoxy) is 2. The van der Waals surface area contributed by atoms with E-state index in [9.17, 15) is 23.7 Å². The molecule has 3 heterocycles. The number of rotatable bonds is 14. The maximum atomic E-state index is 15.1. The van der Waals surface area contributed by atoms with Gasteiger partial charge in [-0.05, 0) is 129 Å². The molecule has 1 aromatic carbocycles. The van der Waals surface area contributed by atoms with E-state index in [1.54, 1.807) is 13.0 Å². The molecule has 0 saturated carbocycles. The van der Waals surface area contributed by atoms with Crippen LogP contribution in [-0.4, -0.2) is 56.3 Å². The molecule has 1 aromatic heterocycles. The summed E-state index contributed by atoms with van der Waals surface area (Å²) >= 11 is 0. The Morgan fingerprint density at radius 3 is 2.42 bits per heavy atom. The van der Waals surface area contributed by atoms with Crippen LogP contribution in [0, 0.1) is 13.8 Å². The molecule has 0 aliphatic carbocycles. The Kier molecular flexibility index (Phi) is 14.7. The van der Waals surface area contributed by atoms with Crippen molar-refractivity contribution >= 4 is 13.6 Å². The largest absolute Gasteiger partial charge is 0.527 e. The summed E-state index contributed by atoms with van der Waals surface area (Å²) in [6.45, 7) is 13.8. The van der Waals surface area contributed by atoms with E-state index in [4.69, 9.17) is 24.3 Å². The predicted octanol–water partition coefficient (Wildman–Crippen LogP) is 8.25. The van der Waals surface area contributed by atoms with Crippen molar-refractivity contribution in [1.82, 2.24) is 9.55 Å². The number of aromatic nitrogens is 2. The molecule has 4 N–H and O–H groups in total. The number of hydrogen-bond donors (Lipinski definition) is 3. The molecular formula is C39H56F2N3O8P. The Labute approximate surface area is 311 Å². The third-order valence-electron chi connectivity index (χ3n) is 9.95. The number of allylic oxidation sites excluding steroid dienone is 6. The van der Waals surface area contributed by atoms with Gasteiger partial charge in [0.25, 0.3) is 0 Å².